The lowest BCUT2D eigenvalue weighted by atomic mass is 10.1. The predicted octanol–water partition coefficient (Wildman–Crippen LogP) is 3.46. The molecule has 1 N–H and O–H groups in total. The Bertz CT molecular complexity index is 732. The minimum Gasteiger partial charge on any atom is -0.326 e. The number of nitrogens with zero attached hydrogens (tertiary/aromatic N) is 1. The van der Waals surface area contributed by atoms with Crippen molar-refractivity contribution in [2.45, 2.75) is 6.42 Å². The highest BCUT2D eigenvalue weighted by atomic mass is 35.5. The molecule has 0 heterocycles. The molecular formula is C15H11ClN2O4. The molecule has 2 aromatic carbocycles. The number of hydrogen-bond acceptors (Lipinski definition) is 4. The zero-order chi connectivity index (χ0) is 16.1. The summed E-state index contributed by atoms with van der Waals surface area (Å²) in [6.45, 7) is 0. The molecule has 0 atom stereocenters. The molecule has 0 radical (unpaired) electrons. The van der Waals surface area contributed by atoms with E-state index in [2.05, 4.69) is 5.32 Å². The number of para-hydroxylation sites is 1. The second-order valence-electron chi connectivity index (χ2n) is 4.44. The van der Waals surface area contributed by atoms with E-state index in [-0.39, 0.29) is 16.3 Å². The van der Waals surface area contributed by atoms with E-state index in [0.717, 1.165) is 6.07 Å². The lowest BCUT2D eigenvalue weighted by molar-refractivity contribution is -0.384. The molecule has 0 aliphatic rings. The van der Waals surface area contributed by atoms with Gasteiger partial charge in [-0.15, -0.1) is 0 Å². The number of carbonyl (C=O) groups is 2. The van der Waals surface area contributed by atoms with Gasteiger partial charge in [-0.05, 0) is 18.2 Å². The fraction of sp³-hybridized carbons (Fsp3) is 0.0667. The van der Waals surface area contributed by atoms with Crippen LogP contribution in [0.2, 0.25) is 5.02 Å². The molecule has 22 heavy (non-hydrogen) atoms. The highest BCUT2D eigenvalue weighted by Crippen LogP contribution is 2.23. The summed E-state index contributed by atoms with van der Waals surface area (Å²) in [5.41, 5.74) is 0.445. The van der Waals surface area contributed by atoms with Gasteiger partial charge in [-0.2, -0.15) is 0 Å². The van der Waals surface area contributed by atoms with Crippen molar-refractivity contribution >= 4 is 34.7 Å². The quantitative estimate of drug-likeness (QED) is 0.395. The number of nitro groups is 1. The van der Waals surface area contributed by atoms with Crippen LogP contribution >= 0.6 is 11.6 Å². The smallest absolute Gasteiger partial charge is 0.270 e. The second-order valence-corrected chi connectivity index (χ2v) is 4.84. The number of nitrogens with one attached hydrogen (secondary N) is 1. The van der Waals surface area contributed by atoms with Gasteiger partial charge in [0.05, 0.1) is 16.4 Å². The van der Waals surface area contributed by atoms with Crippen molar-refractivity contribution in [1.82, 2.24) is 0 Å². The number of hydrogen-bond donors (Lipinski definition) is 1. The molecule has 2 rings (SSSR count). The number of nitro benzene ring substituents is 1. The Morgan fingerprint density at radius 3 is 2.41 bits per heavy atom. The molecule has 0 spiro atoms. The number of non-ortho nitro benzene ring substituents is 1. The van der Waals surface area contributed by atoms with Crippen molar-refractivity contribution in [2.75, 3.05) is 5.32 Å². The van der Waals surface area contributed by atoms with E-state index in [9.17, 15) is 19.7 Å². The second kappa shape index (κ2) is 6.82. The molecule has 0 saturated carbocycles. The van der Waals surface area contributed by atoms with Gasteiger partial charge in [0.1, 0.15) is 0 Å². The maximum atomic E-state index is 12.0. The van der Waals surface area contributed by atoms with Gasteiger partial charge in [-0.3, -0.25) is 19.7 Å². The molecule has 7 heteroatoms. The van der Waals surface area contributed by atoms with Crippen LogP contribution in [0.25, 0.3) is 0 Å². The van der Waals surface area contributed by atoms with Crippen LogP contribution in [0.15, 0.2) is 48.5 Å². The van der Waals surface area contributed by atoms with Gasteiger partial charge >= 0.3 is 0 Å². The molecule has 0 fully saturated rings. The summed E-state index contributed by atoms with van der Waals surface area (Å²) in [7, 11) is 0. The predicted molar refractivity (Wildman–Crippen MR) is 82.1 cm³/mol. The van der Waals surface area contributed by atoms with Crippen LogP contribution in [0.3, 0.4) is 0 Å². The van der Waals surface area contributed by atoms with E-state index < -0.39 is 23.0 Å². The van der Waals surface area contributed by atoms with Gasteiger partial charge in [-0.1, -0.05) is 29.8 Å². The van der Waals surface area contributed by atoms with Crippen LogP contribution in [-0.2, 0) is 4.79 Å². The Labute approximate surface area is 130 Å². The lowest BCUT2D eigenvalue weighted by Gasteiger charge is -2.05. The first-order valence-corrected chi connectivity index (χ1v) is 6.67. The Hall–Kier alpha value is -2.73. The molecule has 0 saturated heterocycles. The Balaban J connectivity index is 2.06. The maximum absolute atomic E-state index is 12.0. The number of Topliss-reactive ketones (excluding diaryl/α,β-unsaturated/α-hetero) is 1. The zero-order valence-corrected chi connectivity index (χ0v) is 12.0. The van der Waals surface area contributed by atoms with Crippen molar-refractivity contribution in [1.29, 1.82) is 0 Å². The normalized spacial score (nSPS) is 10.0. The number of anilines is 1. The van der Waals surface area contributed by atoms with Crippen LogP contribution in [0, 0.1) is 10.1 Å². The number of amides is 1. The van der Waals surface area contributed by atoms with E-state index >= 15 is 0 Å². The molecule has 112 valence electrons. The first-order valence-electron chi connectivity index (χ1n) is 6.29. The number of benzene rings is 2. The van der Waals surface area contributed by atoms with E-state index in [4.69, 9.17) is 11.6 Å². The maximum Gasteiger partial charge on any atom is 0.270 e. The molecule has 0 unspecified atom stereocenters. The summed E-state index contributed by atoms with van der Waals surface area (Å²) < 4.78 is 0. The van der Waals surface area contributed by atoms with E-state index in [1.165, 1.54) is 12.1 Å². The number of halogens is 1. The monoisotopic (exact) mass is 318 g/mol. The first kappa shape index (κ1) is 15.7. The topological polar surface area (TPSA) is 89.3 Å². The summed E-state index contributed by atoms with van der Waals surface area (Å²) in [5, 5.41) is 13.1. The fourth-order valence-electron chi connectivity index (χ4n) is 1.81. The molecular weight excluding hydrogens is 308 g/mol. The van der Waals surface area contributed by atoms with Gasteiger partial charge in [-0.25, -0.2) is 0 Å². The molecule has 2 aromatic rings. The third-order valence-electron chi connectivity index (χ3n) is 2.84. The van der Waals surface area contributed by atoms with E-state index in [1.54, 1.807) is 30.3 Å². The molecule has 0 aliphatic carbocycles. The van der Waals surface area contributed by atoms with Gasteiger partial charge in [0.15, 0.2) is 5.78 Å². The minimum atomic E-state index is -0.609. The fourth-order valence-corrected chi connectivity index (χ4v) is 2.09. The van der Waals surface area contributed by atoms with Gasteiger partial charge < -0.3 is 5.32 Å². The van der Waals surface area contributed by atoms with E-state index in [0.29, 0.717) is 5.69 Å². The van der Waals surface area contributed by atoms with Crippen LogP contribution in [0.5, 0.6) is 0 Å². The summed E-state index contributed by atoms with van der Waals surface area (Å²) in [4.78, 5) is 33.8. The molecule has 0 aliphatic heterocycles. The average molecular weight is 319 g/mol. The summed E-state index contributed by atoms with van der Waals surface area (Å²) in [5.74, 6) is -0.987. The number of carbonyl (C=O) groups excluding carboxylic acids is 2. The number of rotatable bonds is 5. The molecule has 6 nitrogen and oxygen atoms in total. The molecule has 0 bridgehead atoms. The highest BCUT2D eigenvalue weighted by Gasteiger charge is 2.17. The average Bonchev–Trinajstić information content (AvgIpc) is 2.47. The van der Waals surface area contributed by atoms with E-state index in [1.807, 2.05) is 0 Å². The van der Waals surface area contributed by atoms with Crippen LogP contribution < -0.4 is 5.32 Å². The highest BCUT2D eigenvalue weighted by molar-refractivity contribution is 6.34. The Morgan fingerprint density at radius 1 is 1.14 bits per heavy atom. The van der Waals surface area contributed by atoms with Crippen LogP contribution in [-0.4, -0.2) is 16.6 Å². The minimum absolute atomic E-state index is 0.0493. The van der Waals surface area contributed by atoms with Crippen molar-refractivity contribution in [2.24, 2.45) is 0 Å². The number of ketones is 1. The van der Waals surface area contributed by atoms with Crippen molar-refractivity contribution in [3.05, 3.63) is 69.2 Å². The van der Waals surface area contributed by atoms with Crippen molar-refractivity contribution < 1.29 is 14.5 Å². The first-order chi connectivity index (χ1) is 10.5. The summed E-state index contributed by atoms with van der Waals surface area (Å²) in [6.07, 6.45) is -0.396. The van der Waals surface area contributed by atoms with Gasteiger partial charge in [0, 0.05) is 23.4 Å². The van der Waals surface area contributed by atoms with Crippen molar-refractivity contribution in [3.8, 4) is 0 Å². The SMILES string of the molecule is O=C(CC(=O)c1ccc([N+](=O)[O-])cc1Cl)Nc1ccccc1. The lowest BCUT2D eigenvalue weighted by Crippen LogP contribution is -2.16. The summed E-state index contributed by atoms with van der Waals surface area (Å²) >= 11 is 5.85. The largest absolute Gasteiger partial charge is 0.326 e. The zero-order valence-electron chi connectivity index (χ0n) is 11.3. The van der Waals surface area contributed by atoms with Gasteiger partial charge in [0.25, 0.3) is 5.69 Å². The van der Waals surface area contributed by atoms with Gasteiger partial charge in [0.2, 0.25) is 5.91 Å². The third-order valence-corrected chi connectivity index (χ3v) is 3.16. The van der Waals surface area contributed by atoms with Crippen LogP contribution in [0.1, 0.15) is 16.8 Å². The van der Waals surface area contributed by atoms with Crippen LogP contribution in [0.4, 0.5) is 11.4 Å². The van der Waals surface area contributed by atoms with Crippen molar-refractivity contribution in [3.63, 3.8) is 0 Å². The standard InChI is InChI=1S/C15H11ClN2O4/c16-13-8-11(18(21)22)6-7-12(13)14(19)9-15(20)17-10-4-2-1-3-5-10/h1-8H,9H2,(H,17,20). The summed E-state index contributed by atoms with van der Waals surface area (Å²) in [6, 6.07) is 12.2. The Kier molecular flexibility index (Phi) is 4.85. The molecule has 1 amide bonds. The Morgan fingerprint density at radius 2 is 1.82 bits per heavy atom. The molecule has 0 aromatic heterocycles. The third kappa shape index (κ3) is 3.89.